The van der Waals surface area contributed by atoms with Gasteiger partial charge in [0.1, 0.15) is 0 Å². The normalized spacial score (nSPS) is 20.5. The largest absolute Gasteiger partial charge is 0.330 e. The van der Waals surface area contributed by atoms with Gasteiger partial charge in [-0.05, 0) is 18.0 Å². The lowest BCUT2D eigenvalue weighted by Gasteiger charge is -2.18. The third kappa shape index (κ3) is 3.82. The number of nitrogens with two attached hydrogens (primary N) is 1. The van der Waals surface area contributed by atoms with Gasteiger partial charge in [0.05, 0.1) is 0 Å². The van der Waals surface area contributed by atoms with Crippen molar-refractivity contribution in [2.75, 3.05) is 19.6 Å². The first-order valence-corrected chi connectivity index (χ1v) is 9.29. The van der Waals surface area contributed by atoms with Crippen LogP contribution in [0.5, 0.6) is 0 Å². The second-order valence-electron chi connectivity index (χ2n) is 6.13. The van der Waals surface area contributed by atoms with E-state index in [2.05, 4.69) is 0 Å². The maximum absolute atomic E-state index is 14.0. The fourth-order valence-electron chi connectivity index (χ4n) is 3.25. The molecule has 1 aliphatic rings. The Bertz CT molecular complexity index is 902. The summed E-state index contributed by atoms with van der Waals surface area (Å²) in [6.45, 7) is -0.0469. The van der Waals surface area contributed by atoms with Gasteiger partial charge in [0.15, 0.2) is 28.2 Å². The third-order valence-electron chi connectivity index (χ3n) is 4.61. The van der Waals surface area contributed by atoms with E-state index in [9.17, 15) is 26.0 Å². The Kier molecular flexibility index (Phi) is 6.51. The summed E-state index contributed by atoms with van der Waals surface area (Å²) in [6.07, 6.45) is 0. The van der Waals surface area contributed by atoms with E-state index < -0.39 is 38.2 Å². The van der Waals surface area contributed by atoms with Gasteiger partial charge < -0.3 is 5.73 Å². The quantitative estimate of drug-likeness (QED) is 0.606. The van der Waals surface area contributed by atoms with E-state index >= 15 is 0 Å². The summed E-state index contributed by atoms with van der Waals surface area (Å²) in [5.74, 6) is -7.99. The monoisotopic (exact) mass is 424 g/mol. The van der Waals surface area contributed by atoms with Crippen molar-refractivity contribution in [3.63, 3.8) is 0 Å². The highest BCUT2D eigenvalue weighted by Crippen LogP contribution is 2.36. The molecule has 2 aromatic carbocycles. The summed E-state index contributed by atoms with van der Waals surface area (Å²) in [5.41, 5.74) is 6.55. The topological polar surface area (TPSA) is 63.4 Å². The number of hydrogen-bond donors (Lipinski definition) is 1. The molecule has 10 heteroatoms. The molecule has 148 valence electrons. The number of hydrogen-bond acceptors (Lipinski definition) is 3. The van der Waals surface area contributed by atoms with E-state index in [1.54, 1.807) is 30.3 Å². The highest BCUT2D eigenvalue weighted by atomic mass is 35.5. The summed E-state index contributed by atoms with van der Waals surface area (Å²) in [5, 5.41) is 0. The van der Waals surface area contributed by atoms with Crippen LogP contribution in [0.15, 0.2) is 41.3 Å². The minimum atomic E-state index is -4.78. The number of sulfonamides is 1. The van der Waals surface area contributed by atoms with Crippen LogP contribution in [0.3, 0.4) is 0 Å². The molecule has 0 aliphatic carbocycles. The lowest BCUT2D eigenvalue weighted by atomic mass is 9.89. The third-order valence-corrected chi connectivity index (χ3v) is 6.46. The molecular weight excluding hydrogens is 408 g/mol. The summed E-state index contributed by atoms with van der Waals surface area (Å²) in [4.78, 5) is -1.61. The van der Waals surface area contributed by atoms with Crippen LogP contribution < -0.4 is 5.73 Å². The molecule has 0 radical (unpaired) electrons. The zero-order valence-electron chi connectivity index (χ0n) is 13.9. The van der Waals surface area contributed by atoms with Crippen molar-refractivity contribution in [2.24, 2.45) is 11.7 Å². The maximum Gasteiger partial charge on any atom is 0.249 e. The standard InChI is InChI=1S/C17H16F4N2O2S.ClH/c18-13-6-14(19)16(21)17(15(13)20)26(24,25)23-8-11(7-22)12(9-23)10-4-2-1-3-5-10;/h1-6,11-12H,7-9,22H2;1H/t11-,12+;/m1./s1. The van der Waals surface area contributed by atoms with Gasteiger partial charge in [0.2, 0.25) is 10.0 Å². The molecule has 4 nitrogen and oxygen atoms in total. The highest BCUT2D eigenvalue weighted by Gasteiger charge is 2.42. The molecule has 3 rings (SSSR count). The Morgan fingerprint density at radius 3 is 2.07 bits per heavy atom. The van der Waals surface area contributed by atoms with Gasteiger partial charge in [0, 0.05) is 25.1 Å². The Hall–Kier alpha value is -1.68. The fourth-order valence-corrected chi connectivity index (χ4v) is 4.90. The Morgan fingerprint density at radius 1 is 1.00 bits per heavy atom. The molecule has 0 spiro atoms. The van der Waals surface area contributed by atoms with Crippen molar-refractivity contribution < 1.29 is 26.0 Å². The van der Waals surface area contributed by atoms with Crippen molar-refractivity contribution in [2.45, 2.75) is 10.8 Å². The van der Waals surface area contributed by atoms with Crippen LogP contribution in [-0.4, -0.2) is 32.4 Å². The van der Waals surface area contributed by atoms with Crippen molar-refractivity contribution in [3.8, 4) is 0 Å². The molecule has 2 aromatic rings. The molecule has 2 N–H and O–H groups in total. The SMILES string of the molecule is Cl.NC[C@@H]1CN(S(=O)(=O)c2c(F)c(F)cc(F)c2F)C[C@H]1c1ccccc1. The smallest absolute Gasteiger partial charge is 0.249 e. The van der Waals surface area contributed by atoms with E-state index in [-0.39, 0.29) is 49.9 Å². The Balaban J connectivity index is 0.00000261. The summed E-state index contributed by atoms with van der Waals surface area (Å²) in [6, 6.07) is 8.93. The minimum absolute atomic E-state index is 0. The van der Waals surface area contributed by atoms with Gasteiger partial charge in [0.25, 0.3) is 0 Å². The molecule has 1 fully saturated rings. The first-order valence-electron chi connectivity index (χ1n) is 7.85. The second-order valence-corrected chi connectivity index (χ2v) is 8.01. The fraction of sp³-hybridized carbons (Fsp3) is 0.294. The summed E-state index contributed by atoms with van der Waals surface area (Å²) in [7, 11) is -4.78. The average molecular weight is 425 g/mol. The van der Waals surface area contributed by atoms with Crippen LogP contribution in [0.25, 0.3) is 0 Å². The van der Waals surface area contributed by atoms with Crippen LogP contribution >= 0.6 is 12.4 Å². The number of rotatable bonds is 4. The van der Waals surface area contributed by atoms with Crippen molar-refractivity contribution in [1.29, 1.82) is 0 Å². The highest BCUT2D eigenvalue weighted by molar-refractivity contribution is 7.89. The second kappa shape index (κ2) is 8.14. The first-order chi connectivity index (χ1) is 12.3. The van der Waals surface area contributed by atoms with E-state index in [1.165, 1.54) is 0 Å². The van der Waals surface area contributed by atoms with E-state index in [1.807, 2.05) is 0 Å². The van der Waals surface area contributed by atoms with Crippen LogP contribution in [0.2, 0.25) is 0 Å². The molecule has 0 amide bonds. The predicted molar refractivity (Wildman–Crippen MR) is 94.0 cm³/mol. The number of benzene rings is 2. The lowest BCUT2D eigenvalue weighted by molar-refractivity contribution is 0.402. The van der Waals surface area contributed by atoms with Crippen molar-refractivity contribution >= 4 is 22.4 Å². The van der Waals surface area contributed by atoms with Gasteiger partial charge >= 0.3 is 0 Å². The molecule has 1 saturated heterocycles. The van der Waals surface area contributed by atoms with Gasteiger partial charge in [-0.25, -0.2) is 26.0 Å². The molecule has 0 aromatic heterocycles. The molecule has 0 unspecified atom stereocenters. The summed E-state index contributed by atoms with van der Waals surface area (Å²) >= 11 is 0. The molecule has 0 saturated carbocycles. The van der Waals surface area contributed by atoms with Crippen molar-refractivity contribution in [1.82, 2.24) is 4.31 Å². The minimum Gasteiger partial charge on any atom is -0.330 e. The molecular formula is C17H17ClF4N2O2S. The number of halogens is 5. The number of nitrogens with zero attached hydrogens (tertiary/aromatic N) is 1. The lowest BCUT2D eigenvalue weighted by Crippen LogP contribution is -2.31. The van der Waals surface area contributed by atoms with Crippen LogP contribution in [0.4, 0.5) is 17.6 Å². The molecule has 2 atom stereocenters. The van der Waals surface area contributed by atoms with Crippen LogP contribution in [0.1, 0.15) is 11.5 Å². The Labute approximate surface area is 160 Å². The van der Waals surface area contributed by atoms with Gasteiger partial charge in [-0.15, -0.1) is 12.4 Å². The zero-order chi connectivity index (χ0) is 19.1. The predicted octanol–water partition coefficient (Wildman–Crippen LogP) is 3.03. The molecule has 1 heterocycles. The van der Waals surface area contributed by atoms with Crippen molar-refractivity contribution in [3.05, 3.63) is 65.2 Å². The zero-order valence-corrected chi connectivity index (χ0v) is 15.5. The molecule has 27 heavy (non-hydrogen) atoms. The van der Waals surface area contributed by atoms with Gasteiger partial charge in [-0.2, -0.15) is 4.31 Å². The molecule has 1 aliphatic heterocycles. The average Bonchev–Trinajstić information content (AvgIpc) is 3.06. The van der Waals surface area contributed by atoms with E-state index in [4.69, 9.17) is 5.73 Å². The van der Waals surface area contributed by atoms with Gasteiger partial charge in [-0.1, -0.05) is 30.3 Å². The Morgan fingerprint density at radius 2 is 1.56 bits per heavy atom. The van der Waals surface area contributed by atoms with Crippen LogP contribution in [-0.2, 0) is 10.0 Å². The van der Waals surface area contributed by atoms with Crippen LogP contribution in [0, 0.1) is 29.2 Å². The van der Waals surface area contributed by atoms with Gasteiger partial charge in [-0.3, -0.25) is 0 Å². The molecule has 0 bridgehead atoms. The summed E-state index contributed by atoms with van der Waals surface area (Å²) < 4.78 is 81.0. The maximum atomic E-state index is 14.0. The van der Waals surface area contributed by atoms with E-state index in [0.717, 1.165) is 9.87 Å². The van der Waals surface area contributed by atoms with E-state index in [0.29, 0.717) is 0 Å². The first kappa shape index (κ1) is 21.6.